The fourth-order valence-electron chi connectivity index (χ4n) is 1.94. The van der Waals surface area contributed by atoms with Crippen LogP contribution in [0.25, 0.3) is 0 Å². The minimum Gasteiger partial charge on any atom is -0.394 e. The second-order valence-electron chi connectivity index (χ2n) is 4.31. The number of ether oxygens (including phenoxy) is 3. The van der Waals surface area contributed by atoms with Crippen LogP contribution in [0, 0.1) is 0 Å². The molecule has 1 unspecified atom stereocenters. The summed E-state index contributed by atoms with van der Waals surface area (Å²) >= 11 is 0. The first kappa shape index (κ1) is 11.3. The highest BCUT2D eigenvalue weighted by atomic mass is 16.8. The van der Waals surface area contributed by atoms with Crippen molar-refractivity contribution in [1.82, 2.24) is 0 Å². The Morgan fingerprint density at radius 3 is 2.53 bits per heavy atom. The molecule has 0 bridgehead atoms. The number of fused-ring (bicyclic) bond motifs is 1. The van der Waals surface area contributed by atoms with E-state index in [1.807, 2.05) is 0 Å². The highest BCUT2D eigenvalue weighted by Crippen LogP contribution is 2.38. The molecule has 0 saturated carbocycles. The predicted octanol–water partition coefficient (Wildman–Crippen LogP) is -1.42. The van der Waals surface area contributed by atoms with Gasteiger partial charge in [-0.3, -0.25) is 0 Å². The van der Waals surface area contributed by atoms with Crippen molar-refractivity contribution in [3.63, 3.8) is 0 Å². The Morgan fingerprint density at radius 2 is 2.00 bits per heavy atom. The number of hydrogen-bond acceptors (Lipinski definition) is 6. The molecule has 0 aromatic carbocycles. The van der Waals surface area contributed by atoms with E-state index in [9.17, 15) is 10.2 Å². The third kappa shape index (κ3) is 1.89. The van der Waals surface area contributed by atoms with Crippen LogP contribution in [0.5, 0.6) is 0 Å². The first-order chi connectivity index (χ1) is 6.94. The fourth-order valence-corrected chi connectivity index (χ4v) is 1.94. The van der Waals surface area contributed by atoms with Crippen molar-refractivity contribution in [3.8, 4) is 0 Å². The molecular weight excluding hydrogens is 204 g/mol. The van der Waals surface area contributed by atoms with Crippen molar-refractivity contribution in [2.24, 2.45) is 0 Å². The minimum atomic E-state index is -1.12. The number of aliphatic hydroxyl groups is 3. The maximum atomic E-state index is 9.79. The Labute approximate surface area is 87.4 Å². The Morgan fingerprint density at radius 1 is 1.33 bits per heavy atom. The molecule has 3 N–H and O–H groups in total. The molecule has 6 heteroatoms. The van der Waals surface area contributed by atoms with E-state index in [0.29, 0.717) is 0 Å². The molecule has 2 aliphatic rings. The second-order valence-corrected chi connectivity index (χ2v) is 4.31. The molecule has 2 saturated heterocycles. The third-order valence-corrected chi connectivity index (χ3v) is 2.62. The predicted molar refractivity (Wildman–Crippen MR) is 47.8 cm³/mol. The molecule has 2 heterocycles. The van der Waals surface area contributed by atoms with Crippen LogP contribution >= 0.6 is 0 Å². The molecule has 2 fully saturated rings. The summed E-state index contributed by atoms with van der Waals surface area (Å²) in [6.07, 6.45) is -4.26. The molecule has 0 radical (unpaired) electrons. The molecule has 0 aromatic rings. The lowest BCUT2D eigenvalue weighted by atomic mass is 10.1. The zero-order valence-electron chi connectivity index (χ0n) is 8.66. The van der Waals surface area contributed by atoms with Gasteiger partial charge in [0.05, 0.1) is 6.61 Å². The standard InChI is InChI=1S/C9H16O6/c1-9(2)14-7-5(12)6(4(11)3-10)13-8(7)15-9/h4-8,10-12H,3H2,1-2H3/t4-,5+,6-,7-,8?/m1/s1. The molecule has 0 amide bonds. The van der Waals surface area contributed by atoms with Crippen molar-refractivity contribution in [2.45, 2.75) is 50.3 Å². The molecule has 88 valence electrons. The van der Waals surface area contributed by atoms with Crippen molar-refractivity contribution in [3.05, 3.63) is 0 Å². The average Bonchev–Trinajstić information content (AvgIpc) is 2.60. The quantitative estimate of drug-likeness (QED) is 0.529. The molecule has 2 aliphatic heterocycles. The van der Waals surface area contributed by atoms with Gasteiger partial charge in [0.2, 0.25) is 0 Å². The molecule has 0 aromatic heterocycles. The first-order valence-corrected chi connectivity index (χ1v) is 4.93. The normalized spacial score (nSPS) is 45.4. The highest BCUT2D eigenvalue weighted by molar-refractivity contribution is 4.95. The largest absolute Gasteiger partial charge is 0.394 e. The smallest absolute Gasteiger partial charge is 0.190 e. The van der Waals surface area contributed by atoms with E-state index in [1.165, 1.54) is 0 Å². The van der Waals surface area contributed by atoms with E-state index in [0.717, 1.165) is 0 Å². The lowest BCUT2D eigenvalue weighted by Crippen LogP contribution is -2.42. The molecular formula is C9H16O6. The van der Waals surface area contributed by atoms with Crippen LogP contribution in [-0.4, -0.2) is 58.4 Å². The first-order valence-electron chi connectivity index (χ1n) is 4.93. The summed E-state index contributed by atoms with van der Waals surface area (Å²) in [7, 11) is 0. The summed E-state index contributed by atoms with van der Waals surface area (Å²) in [5, 5.41) is 27.9. The maximum absolute atomic E-state index is 9.79. The number of aliphatic hydroxyl groups excluding tert-OH is 3. The van der Waals surface area contributed by atoms with Crippen molar-refractivity contribution in [1.29, 1.82) is 0 Å². The summed E-state index contributed by atoms with van der Waals surface area (Å²) in [5.41, 5.74) is 0. The topological polar surface area (TPSA) is 88.4 Å². The summed E-state index contributed by atoms with van der Waals surface area (Å²) in [6, 6.07) is 0. The number of rotatable bonds is 2. The Hall–Kier alpha value is -0.240. The molecule has 5 atom stereocenters. The minimum absolute atomic E-state index is 0.468. The van der Waals surface area contributed by atoms with Gasteiger partial charge in [0.15, 0.2) is 12.1 Å². The van der Waals surface area contributed by atoms with Gasteiger partial charge in [-0.1, -0.05) is 0 Å². The SMILES string of the molecule is CC1(C)OC2O[C@H]([C@H](O)CO)[C@H](O)[C@H]2O1. The molecule has 6 nitrogen and oxygen atoms in total. The van der Waals surface area contributed by atoms with Crippen molar-refractivity contribution >= 4 is 0 Å². The van der Waals surface area contributed by atoms with E-state index >= 15 is 0 Å². The van der Waals surface area contributed by atoms with Crippen LogP contribution in [0.4, 0.5) is 0 Å². The van der Waals surface area contributed by atoms with E-state index in [-0.39, 0.29) is 0 Å². The summed E-state index contributed by atoms with van der Waals surface area (Å²) < 4.78 is 16.1. The van der Waals surface area contributed by atoms with Gasteiger partial charge in [-0.15, -0.1) is 0 Å². The van der Waals surface area contributed by atoms with Gasteiger partial charge in [-0.25, -0.2) is 0 Å². The third-order valence-electron chi connectivity index (χ3n) is 2.62. The lowest BCUT2D eigenvalue weighted by molar-refractivity contribution is -0.227. The summed E-state index contributed by atoms with van der Waals surface area (Å²) in [5.74, 6) is -0.786. The van der Waals surface area contributed by atoms with Gasteiger partial charge < -0.3 is 29.5 Å². The maximum Gasteiger partial charge on any atom is 0.190 e. The van der Waals surface area contributed by atoms with Gasteiger partial charge in [0, 0.05) is 0 Å². The van der Waals surface area contributed by atoms with Crippen LogP contribution < -0.4 is 0 Å². The van der Waals surface area contributed by atoms with Gasteiger partial charge in [-0.05, 0) is 13.8 Å². The van der Waals surface area contributed by atoms with E-state index < -0.39 is 43.1 Å². The molecule has 0 spiro atoms. The summed E-state index contributed by atoms with van der Waals surface area (Å²) in [6.45, 7) is 2.97. The monoisotopic (exact) mass is 220 g/mol. The van der Waals surface area contributed by atoms with Crippen molar-refractivity contribution in [2.75, 3.05) is 6.61 Å². The van der Waals surface area contributed by atoms with Crippen LogP contribution in [0.15, 0.2) is 0 Å². The van der Waals surface area contributed by atoms with Gasteiger partial charge in [-0.2, -0.15) is 0 Å². The van der Waals surface area contributed by atoms with Gasteiger partial charge in [0.1, 0.15) is 24.4 Å². The molecule has 2 rings (SSSR count). The van der Waals surface area contributed by atoms with Crippen LogP contribution in [0.1, 0.15) is 13.8 Å². The lowest BCUT2D eigenvalue weighted by Gasteiger charge is -2.24. The molecule has 15 heavy (non-hydrogen) atoms. The zero-order chi connectivity index (χ0) is 11.2. The van der Waals surface area contributed by atoms with E-state index in [2.05, 4.69) is 0 Å². The van der Waals surface area contributed by atoms with Gasteiger partial charge >= 0.3 is 0 Å². The summed E-state index contributed by atoms with van der Waals surface area (Å²) in [4.78, 5) is 0. The average molecular weight is 220 g/mol. The highest BCUT2D eigenvalue weighted by Gasteiger charge is 2.55. The second kappa shape index (κ2) is 3.65. The Balaban J connectivity index is 2.05. The molecule has 0 aliphatic carbocycles. The Kier molecular flexibility index (Phi) is 2.74. The van der Waals surface area contributed by atoms with E-state index in [1.54, 1.807) is 13.8 Å². The van der Waals surface area contributed by atoms with Crippen LogP contribution in [-0.2, 0) is 14.2 Å². The number of hydrogen-bond donors (Lipinski definition) is 3. The zero-order valence-corrected chi connectivity index (χ0v) is 8.66. The van der Waals surface area contributed by atoms with Gasteiger partial charge in [0.25, 0.3) is 0 Å². The van der Waals surface area contributed by atoms with Crippen LogP contribution in [0.3, 0.4) is 0 Å². The van der Waals surface area contributed by atoms with Crippen molar-refractivity contribution < 1.29 is 29.5 Å². The van der Waals surface area contributed by atoms with Crippen LogP contribution in [0.2, 0.25) is 0 Å². The Bertz CT molecular complexity index is 243. The van der Waals surface area contributed by atoms with E-state index in [4.69, 9.17) is 19.3 Å². The fraction of sp³-hybridized carbons (Fsp3) is 1.00.